The van der Waals surface area contributed by atoms with Crippen LogP contribution in [0.4, 0.5) is 10.5 Å². The Morgan fingerprint density at radius 2 is 1.85 bits per heavy atom. The maximum atomic E-state index is 12.2. The number of hydrogen-bond acceptors (Lipinski definition) is 5. The SMILES string of the molecule is COc1nccnc1OC1CCC(NC(=O)Nc2cccc(C)c2)CC1. The van der Waals surface area contributed by atoms with E-state index in [1.54, 1.807) is 19.5 Å². The van der Waals surface area contributed by atoms with Gasteiger partial charge in [0.15, 0.2) is 0 Å². The number of carbonyl (C=O) groups excluding carboxylic acids is 1. The van der Waals surface area contributed by atoms with Crippen LogP contribution in [0.25, 0.3) is 0 Å². The first-order valence-corrected chi connectivity index (χ1v) is 8.80. The van der Waals surface area contributed by atoms with E-state index in [1.807, 2.05) is 31.2 Å². The minimum absolute atomic E-state index is 0.0542. The number of benzene rings is 1. The third-order valence-electron chi connectivity index (χ3n) is 4.39. The average molecular weight is 356 g/mol. The maximum Gasteiger partial charge on any atom is 0.319 e. The first-order valence-electron chi connectivity index (χ1n) is 8.80. The van der Waals surface area contributed by atoms with Gasteiger partial charge in [0.2, 0.25) is 0 Å². The fraction of sp³-hybridized carbons (Fsp3) is 0.421. The van der Waals surface area contributed by atoms with Crippen molar-refractivity contribution in [3.05, 3.63) is 42.2 Å². The molecule has 0 bridgehead atoms. The van der Waals surface area contributed by atoms with Crippen LogP contribution in [0.3, 0.4) is 0 Å². The number of aryl methyl sites for hydroxylation is 1. The lowest BCUT2D eigenvalue weighted by Crippen LogP contribution is -2.41. The summed E-state index contributed by atoms with van der Waals surface area (Å²) in [6, 6.07) is 7.72. The molecule has 2 N–H and O–H groups in total. The van der Waals surface area contributed by atoms with Gasteiger partial charge in [-0.25, -0.2) is 14.8 Å². The number of nitrogens with one attached hydrogen (secondary N) is 2. The van der Waals surface area contributed by atoms with Crippen molar-refractivity contribution in [1.29, 1.82) is 0 Å². The summed E-state index contributed by atoms with van der Waals surface area (Å²) in [4.78, 5) is 20.4. The zero-order chi connectivity index (χ0) is 18.4. The Morgan fingerprint density at radius 1 is 1.12 bits per heavy atom. The van der Waals surface area contributed by atoms with Gasteiger partial charge in [-0.3, -0.25) is 0 Å². The van der Waals surface area contributed by atoms with Crippen LogP contribution in [0.5, 0.6) is 11.8 Å². The molecule has 2 amide bonds. The number of carbonyl (C=O) groups is 1. The number of hydrogen-bond donors (Lipinski definition) is 2. The number of methoxy groups -OCH3 is 1. The molecule has 0 atom stereocenters. The van der Waals surface area contributed by atoms with Crippen molar-refractivity contribution in [2.75, 3.05) is 12.4 Å². The van der Waals surface area contributed by atoms with E-state index in [0.29, 0.717) is 11.8 Å². The molecule has 1 aromatic heterocycles. The zero-order valence-corrected chi connectivity index (χ0v) is 15.1. The Labute approximate surface area is 153 Å². The maximum absolute atomic E-state index is 12.2. The van der Waals surface area contributed by atoms with E-state index in [0.717, 1.165) is 36.9 Å². The monoisotopic (exact) mass is 356 g/mol. The van der Waals surface area contributed by atoms with Crippen molar-refractivity contribution in [3.8, 4) is 11.8 Å². The summed E-state index contributed by atoms with van der Waals surface area (Å²) >= 11 is 0. The van der Waals surface area contributed by atoms with Crippen molar-refractivity contribution < 1.29 is 14.3 Å². The van der Waals surface area contributed by atoms with Crippen molar-refractivity contribution in [3.63, 3.8) is 0 Å². The summed E-state index contributed by atoms with van der Waals surface area (Å²) < 4.78 is 11.1. The predicted octanol–water partition coefficient (Wildman–Crippen LogP) is 3.31. The van der Waals surface area contributed by atoms with Gasteiger partial charge in [-0.15, -0.1) is 0 Å². The zero-order valence-electron chi connectivity index (χ0n) is 15.1. The number of ether oxygens (including phenoxy) is 2. The van der Waals surface area contributed by atoms with Crippen LogP contribution >= 0.6 is 0 Å². The van der Waals surface area contributed by atoms with Crippen LogP contribution in [0.15, 0.2) is 36.7 Å². The molecule has 0 unspecified atom stereocenters. The minimum atomic E-state index is -0.171. The molecule has 0 saturated heterocycles. The summed E-state index contributed by atoms with van der Waals surface area (Å²) in [6.07, 6.45) is 6.60. The molecule has 1 heterocycles. The number of anilines is 1. The van der Waals surface area contributed by atoms with E-state index in [-0.39, 0.29) is 18.2 Å². The highest BCUT2D eigenvalue weighted by molar-refractivity contribution is 5.89. The third-order valence-corrected chi connectivity index (χ3v) is 4.39. The highest BCUT2D eigenvalue weighted by Crippen LogP contribution is 2.27. The first kappa shape index (κ1) is 18.0. The lowest BCUT2D eigenvalue weighted by atomic mass is 9.93. The molecule has 0 spiro atoms. The van der Waals surface area contributed by atoms with Gasteiger partial charge in [0.05, 0.1) is 7.11 Å². The second kappa shape index (κ2) is 8.51. The molecule has 1 aliphatic carbocycles. The van der Waals surface area contributed by atoms with Crippen LogP contribution in [-0.2, 0) is 0 Å². The van der Waals surface area contributed by atoms with Gasteiger partial charge in [-0.2, -0.15) is 0 Å². The van der Waals surface area contributed by atoms with E-state index < -0.39 is 0 Å². The molecule has 1 aromatic carbocycles. The Bertz CT molecular complexity index is 745. The van der Waals surface area contributed by atoms with Gasteiger partial charge in [0, 0.05) is 24.1 Å². The molecule has 1 fully saturated rings. The lowest BCUT2D eigenvalue weighted by molar-refractivity contribution is 0.129. The molecular weight excluding hydrogens is 332 g/mol. The molecule has 1 aliphatic rings. The highest BCUT2D eigenvalue weighted by atomic mass is 16.5. The topological polar surface area (TPSA) is 85.4 Å². The van der Waals surface area contributed by atoms with E-state index in [9.17, 15) is 4.79 Å². The van der Waals surface area contributed by atoms with Crippen molar-refractivity contribution in [2.24, 2.45) is 0 Å². The number of nitrogens with zero attached hydrogens (tertiary/aromatic N) is 2. The summed E-state index contributed by atoms with van der Waals surface area (Å²) in [5, 5.41) is 5.92. The van der Waals surface area contributed by atoms with Gasteiger partial charge in [0.25, 0.3) is 11.8 Å². The van der Waals surface area contributed by atoms with E-state index in [2.05, 4.69) is 20.6 Å². The summed E-state index contributed by atoms with van der Waals surface area (Å²) in [5.74, 6) is 0.814. The van der Waals surface area contributed by atoms with Gasteiger partial charge in [-0.1, -0.05) is 12.1 Å². The van der Waals surface area contributed by atoms with E-state index in [4.69, 9.17) is 9.47 Å². The third kappa shape index (κ3) is 4.84. The van der Waals surface area contributed by atoms with Crippen molar-refractivity contribution in [2.45, 2.75) is 44.8 Å². The fourth-order valence-electron chi connectivity index (χ4n) is 3.09. The van der Waals surface area contributed by atoms with E-state index >= 15 is 0 Å². The van der Waals surface area contributed by atoms with Gasteiger partial charge in [0.1, 0.15) is 6.10 Å². The van der Waals surface area contributed by atoms with Crippen LogP contribution in [0.2, 0.25) is 0 Å². The van der Waals surface area contributed by atoms with Gasteiger partial charge in [-0.05, 0) is 50.3 Å². The molecule has 0 radical (unpaired) electrons. The number of aromatic nitrogens is 2. The molecule has 1 saturated carbocycles. The average Bonchev–Trinajstić information content (AvgIpc) is 2.64. The predicted molar refractivity (Wildman–Crippen MR) is 98.6 cm³/mol. The molecule has 138 valence electrons. The number of rotatable bonds is 5. The second-order valence-electron chi connectivity index (χ2n) is 6.43. The van der Waals surface area contributed by atoms with Crippen LogP contribution in [0.1, 0.15) is 31.2 Å². The smallest absolute Gasteiger partial charge is 0.319 e. The normalized spacial score (nSPS) is 19.5. The largest absolute Gasteiger partial charge is 0.477 e. The summed E-state index contributed by atoms with van der Waals surface area (Å²) in [5.41, 5.74) is 1.91. The van der Waals surface area contributed by atoms with Crippen LogP contribution in [-0.4, -0.2) is 35.3 Å². The Balaban J connectivity index is 1.45. The molecule has 3 rings (SSSR count). The quantitative estimate of drug-likeness (QED) is 0.858. The molecule has 7 nitrogen and oxygen atoms in total. The molecule has 7 heteroatoms. The first-order chi connectivity index (χ1) is 12.6. The van der Waals surface area contributed by atoms with E-state index in [1.165, 1.54) is 0 Å². The molecule has 26 heavy (non-hydrogen) atoms. The van der Waals surface area contributed by atoms with Crippen molar-refractivity contribution >= 4 is 11.7 Å². The minimum Gasteiger partial charge on any atom is -0.477 e. The Morgan fingerprint density at radius 3 is 2.54 bits per heavy atom. The summed E-state index contributed by atoms with van der Waals surface area (Å²) in [7, 11) is 1.55. The van der Waals surface area contributed by atoms with Crippen molar-refractivity contribution in [1.82, 2.24) is 15.3 Å². The molecular formula is C19H24N4O3. The van der Waals surface area contributed by atoms with Crippen LogP contribution in [0, 0.1) is 6.92 Å². The number of urea groups is 1. The van der Waals surface area contributed by atoms with Gasteiger partial charge >= 0.3 is 6.03 Å². The Hall–Kier alpha value is -2.83. The van der Waals surface area contributed by atoms with Crippen LogP contribution < -0.4 is 20.1 Å². The highest BCUT2D eigenvalue weighted by Gasteiger charge is 2.25. The molecule has 2 aromatic rings. The fourth-order valence-corrected chi connectivity index (χ4v) is 3.09. The Kier molecular flexibility index (Phi) is 5.88. The molecule has 0 aliphatic heterocycles. The lowest BCUT2D eigenvalue weighted by Gasteiger charge is -2.29. The van der Waals surface area contributed by atoms with Gasteiger partial charge < -0.3 is 20.1 Å². The summed E-state index contributed by atoms with van der Waals surface area (Å²) in [6.45, 7) is 2.00. The second-order valence-corrected chi connectivity index (χ2v) is 6.43. The number of amides is 2. The standard InChI is InChI=1S/C19H24N4O3/c1-13-4-3-5-15(12-13)23-19(24)22-14-6-8-16(9-7-14)26-18-17(25-2)20-10-11-21-18/h3-5,10-12,14,16H,6-9H2,1-2H3,(H2,22,23,24).